The van der Waals surface area contributed by atoms with Gasteiger partial charge in [-0.25, -0.2) is 0 Å². The molecule has 1 saturated heterocycles. The van der Waals surface area contributed by atoms with Crippen molar-refractivity contribution in [2.24, 2.45) is 16.5 Å². The Morgan fingerprint density at radius 3 is 2.75 bits per heavy atom. The van der Waals surface area contributed by atoms with Gasteiger partial charge in [0.25, 0.3) is 0 Å². The van der Waals surface area contributed by atoms with Gasteiger partial charge in [0.1, 0.15) is 0 Å². The lowest BCUT2D eigenvalue weighted by atomic mass is 10.0. The van der Waals surface area contributed by atoms with Crippen molar-refractivity contribution in [1.29, 1.82) is 0 Å². The minimum absolute atomic E-state index is 0.108. The summed E-state index contributed by atoms with van der Waals surface area (Å²) in [6.45, 7) is 1.55. The number of hydrogen-bond donors (Lipinski definition) is 2. The second-order valence-corrected chi connectivity index (χ2v) is 3.76. The number of nitrogens with two attached hydrogens (primary N) is 2. The molecule has 92 valence electrons. The van der Waals surface area contributed by atoms with Gasteiger partial charge >= 0.3 is 0 Å². The van der Waals surface area contributed by atoms with Gasteiger partial charge in [-0.05, 0) is 12.8 Å². The maximum atomic E-state index is 5.98. The SMILES string of the molecule is CN=C/C(=C\N)C(N)CCC1OCCCO1. The van der Waals surface area contributed by atoms with E-state index >= 15 is 0 Å². The van der Waals surface area contributed by atoms with Crippen LogP contribution in [0.15, 0.2) is 16.8 Å². The zero-order chi connectivity index (χ0) is 11.8. The van der Waals surface area contributed by atoms with Gasteiger partial charge in [-0.2, -0.15) is 0 Å². The molecule has 1 heterocycles. The van der Waals surface area contributed by atoms with E-state index in [0.29, 0.717) is 0 Å². The first kappa shape index (κ1) is 13.2. The van der Waals surface area contributed by atoms with E-state index in [4.69, 9.17) is 20.9 Å². The zero-order valence-corrected chi connectivity index (χ0v) is 9.76. The molecule has 0 aromatic rings. The Kier molecular flexibility index (Phi) is 6.07. The highest BCUT2D eigenvalue weighted by molar-refractivity contribution is 5.79. The summed E-state index contributed by atoms with van der Waals surface area (Å²) in [5.74, 6) is 0. The van der Waals surface area contributed by atoms with Crippen molar-refractivity contribution in [3.05, 3.63) is 11.8 Å². The van der Waals surface area contributed by atoms with Gasteiger partial charge in [-0.15, -0.1) is 0 Å². The largest absolute Gasteiger partial charge is 0.404 e. The molecule has 4 N–H and O–H groups in total. The van der Waals surface area contributed by atoms with E-state index in [9.17, 15) is 0 Å². The Morgan fingerprint density at radius 1 is 1.50 bits per heavy atom. The Morgan fingerprint density at radius 2 is 2.19 bits per heavy atom. The molecule has 0 radical (unpaired) electrons. The van der Waals surface area contributed by atoms with Crippen LogP contribution in [0.3, 0.4) is 0 Å². The van der Waals surface area contributed by atoms with Gasteiger partial charge in [-0.1, -0.05) is 0 Å². The molecule has 0 bridgehead atoms. The highest BCUT2D eigenvalue weighted by Gasteiger charge is 2.16. The molecule has 1 fully saturated rings. The van der Waals surface area contributed by atoms with E-state index in [1.54, 1.807) is 13.3 Å². The second-order valence-electron chi connectivity index (χ2n) is 3.76. The summed E-state index contributed by atoms with van der Waals surface area (Å²) < 4.78 is 10.9. The predicted molar refractivity (Wildman–Crippen MR) is 64.2 cm³/mol. The molecular weight excluding hydrogens is 206 g/mol. The molecule has 0 amide bonds. The molecular formula is C11H21N3O2. The number of aliphatic imine (C=N–C) groups is 1. The van der Waals surface area contributed by atoms with Crippen LogP contribution in [0.2, 0.25) is 0 Å². The molecule has 0 saturated carbocycles. The third-order valence-electron chi connectivity index (χ3n) is 2.51. The topological polar surface area (TPSA) is 82.9 Å². The Labute approximate surface area is 96.5 Å². The molecule has 0 aliphatic carbocycles. The van der Waals surface area contributed by atoms with E-state index in [0.717, 1.165) is 38.0 Å². The molecule has 0 aromatic heterocycles. The third kappa shape index (κ3) is 4.30. The lowest BCUT2D eigenvalue weighted by Crippen LogP contribution is -2.30. The zero-order valence-electron chi connectivity index (χ0n) is 9.76. The quantitative estimate of drug-likeness (QED) is 0.666. The van der Waals surface area contributed by atoms with Crippen LogP contribution in [0.25, 0.3) is 0 Å². The van der Waals surface area contributed by atoms with Crippen LogP contribution in [0.4, 0.5) is 0 Å². The fourth-order valence-corrected chi connectivity index (χ4v) is 1.60. The molecule has 16 heavy (non-hydrogen) atoms. The lowest BCUT2D eigenvalue weighted by Gasteiger charge is -2.24. The summed E-state index contributed by atoms with van der Waals surface area (Å²) in [5.41, 5.74) is 12.3. The van der Waals surface area contributed by atoms with Crippen LogP contribution < -0.4 is 11.5 Å². The maximum Gasteiger partial charge on any atom is 0.157 e. The summed E-state index contributed by atoms with van der Waals surface area (Å²) in [5, 5.41) is 0. The third-order valence-corrected chi connectivity index (χ3v) is 2.51. The van der Waals surface area contributed by atoms with Crippen molar-refractivity contribution in [3.8, 4) is 0 Å². The Hall–Kier alpha value is -0.910. The summed E-state index contributed by atoms with van der Waals surface area (Å²) in [7, 11) is 1.70. The molecule has 1 aliphatic heterocycles. The van der Waals surface area contributed by atoms with Crippen molar-refractivity contribution >= 4 is 6.21 Å². The van der Waals surface area contributed by atoms with E-state index in [1.165, 1.54) is 6.20 Å². The minimum atomic E-state index is -0.114. The summed E-state index contributed by atoms with van der Waals surface area (Å²) >= 11 is 0. The number of ether oxygens (including phenoxy) is 2. The molecule has 1 aliphatic rings. The van der Waals surface area contributed by atoms with Crippen molar-refractivity contribution in [2.45, 2.75) is 31.6 Å². The van der Waals surface area contributed by atoms with E-state index in [1.807, 2.05) is 0 Å². The smallest absolute Gasteiger partial charge is 0.157 e. The Bertz CT molecular complexity index is 248. The van der Waals surface area contributed by atoms with E-state index in [-0.39, 0.29) is 12.3 Å². The molecule has 0 aromatic carbocycles. The van der Waals surface area contributed by atoms with Crippen molar-refractivity contribution in [3.63, 3.8) is 0 Å². The molecule has 0 spiro atoms. The number of rotatable bonds is 5. The lowest BCUT2D eigenvalue weighted by molar-refractivity contribution is -0.181. The van der Waals surface area contributed by atoms with Gasteiger partial charge in [-0.3, -0.25) is 4.99 Å². The highest BCUT2D eigenvalue weighted by Crippen LogP contribution is 2.13. The first-order chi connectivity index (χ1) is 7.77. The van der Waals surface area contributed by atoms with Crippen LogP contribution in [0.1, 0.15) is 19.3 Å². The van der Waals surface area contributed by atoms with E-state index < -0.39 is 0 Å². The summed E-state index contributed by atoms with van der Waals surface area (Å²) in [4.78, 5) is 3.91. The van der Waals surface area contributed by atoms with Crippen LogP contribution in [0.5, 0.6) is 0 Å². The normalized spacial score (nSPS) is 21.5. The molecule has 1 atom stereocenters. The average molecular weight is 227 g/mol. The first-order valence-electron chi connectivity index (χ1n) is 5.60. The van der Waals surface area contributed by atoms with Crippen LogP contribution in [0, 0.1) is 0 Å². The number of hydrogen-bond acceptors (Lipinski definition) is 5. The van der Waals surface area contributed by atoms with Crippen LogP contribution in [-0.2, 0) is 9.47 Å². The maximum absolute atomic E-state index is 5.98. The molecule has 1 rings (SSSR count). The fraction of sp³-hybridized carbons (Fsp3) is 0.727. The molecule has 5 nitrogen and oxygen atoms in total. The standard InChI is InChI=1S/C11H21N3O2/c1-14-8-9(7-12)10(13)3-4-11-15-5-2-6-16-11/h7-8,10-11H,2-6,12-13H2,1H3/b9-7+,14-8?. The van der Waals surface area contributed by atoms with Crippen molar-refractivity contribution in [1.82, 2.24) is 0 Å². The van der Waals surface area contributed by atoms with E-state index in [2.05, 4.69) is 4.99 Å². The van der Waals surface area contributed by atoms with Gasteiger partial charge < -0.3 is 20.9 Å². The van der Waals surface area contributed by atoms with Crippen molar-refractivity contribution < 1.29 is 9.47 Å². The van der Waals surface area contributed by atoms with Crippen molar-refractivity contribution in [2.75, 3.05) is 20.3 Å². The first-order valence-corrected chi connectivity index (χ1v) is 5.60. The number of nitrogens with zero attached hydrogens (tertiary/aromatic N) is 1. The second kappa shape index (κ2) is 7.38. The summed E-state index contributed by atoms with van der Waals surface area (Å²) in [6, 6.07) is -0.108. The van der Waals surface area contributed by atoms with Gasteiger partial charge in [0.2, 0.25) is 0 Å². The Balaban J connectivity index is 2.30. The van der Waals surface area contributed by atoms with Gasteiger partial charge in [0.15, 0.2) is 6.29 Å². The summed E-state index contributed by atoms with van der Waals surface area (Å²) in [6.07, 6.45) is 5.61. The van der Waals surface area contributed by atoms with Crippen LogP contribution in [-0.4, -0.2) is 38.8 Å². The van der Waals surface area contributed by atoms with Crippen LogP contribution >= 0.6 is 0 Å². The van der Waals surface area contributed by atoms with Gasteiger partial charge in [0.05, 0.1) is 13.2 Å². The highest BCUT2D eigenvalue weighted by atomic mass is 16.7. The molecule has 1 unspecified atom stereocenters. The monoisotopic (exact) mass is 227 g/mol. The minimum Gasteiger partial charge on any atom is -0.404 e. The fourth-order valence-electron chi connectivity index (χ4n) is 1.60. The van der Waals surface area contributed by atoms with Gasteiger partial charge in [0, 0.05) is 37.5 Å². The predicted octanol–water partition coefficient (Wildman–Crippen LogP) is 0.400. The average Bonchev–Trinajstić information content (AvgIpc) is 2.34. The molecule has 5 heteroatoms.